The lowest BCUT2D eigenvalue weighted by molar-refractivity contribution is 0.276. The highest BCUT2D eigenvalue weighted by Gasteiger charge is 2.24. The lowest BCUT2D eigenvalue weighted by Gasteiger charge is -2.16. The molecule has 5 nitrogen and oxygen atoms in total. The van der Waals surface area contributed by atoms with Gasteiger partial charge in [0.25, 0.3) is 0 Å². The largest absolute Gasteiger partial charge is 0.390 e. The minimum absolute atomic E-state index is 0.0240. The standard InChI is InChI=1S/C12H22N4O/c1-10(2)3-5-15-6-4-12(8-15)16-7-11(9-17)13-14-16/h7,10,12,17H,3-6,8-9H2,1-2H3/t12-/m1/s1. The highest BCUT2D eigenvalue weighted by atomic mass is 16.3. The van der Waals surface area contributed by atoms with Crippen molar-refractivity contribution in [1.29, 1.82) is 0 Å². The third kappa shape index (κ3) is 3.26. The fourth-order valence-corrected chi connectivity index (χ4v) is 2.24. The molecular formula is C12H22N4O. The average molecular weight is 238 g/mol. The maximum atomic E-state index is 8.96. The molecular weight excluding hydrogens is 216 g/mol. The second kappa shape index (κ2) is 5.60. The minimum atomic E-state index is -0.0240. The summed E-state index contributed by atoms with van der Waals surface area (Å²) in [5.74, 6) is 0.765. The van der Waals surface area contributed by atoms with E-state index in [1.165, 1.54) is 13.0 Å². The highest BCUT2D eigenvalue weighted by molar-refractivity contribution is 4.92. The number of aliphatic hydroxyl groups is 1. The molecule has 2 heterocycles. The molecule has 17 heavy (non-hydrogen) atoms. The molecule has 1 aromatic heterocycles. The summed E-state index contributed by atoms with van der Waals surface area (Å²) in [6.07, 6.45) is 4.24. The molecule has 0 aromatic carbocycles. The molecule has 0 bridgehead atoms. The lowest BCUT2D eigenvalue weighted by atomic mass is 10.1. The van der Waals surface area contributed by atoms with Gasteiger partial charge in [0, 0.05) is 13.1 Å². The van der Waals surface area contributed by atoms with Crippen molar-refractivity contribution in [1.82, 2.24) is 19.9 Å². The Labute approximate surface area is 102 Å². The summed E-state index contributed by atoms with van der Waals surface area (Å²) >= 11 is 0. The zero-order valence-electron chi connectivity index (χ0n) is 10.7. The number of aromatic nitrogens is 3. The summed E-state index contributed by atoms with van der Waals surface area (Å²) in [5.41, 5.74) is 0.658. The van der Waals surface area contributed by atoms with Gasteiger partial charge in [0.1, 0.15) is 5.69 Å². The molecule has 0 unspecified atom stereocenters. The Kier molecular flexibility index (Phi) is 4.12. The summed E-state index contributed by atoms with van der Waals surface area (Å²) in [4.78, 5) is 2.49. The zero-order chi connectivity index (χ0) is 12.3. The van der Waals surface area contributed by atoms with Crippen LogP contribution in [-0.2, 0) is 6.61 Å². The summed E-state index contributed by atoms with van der Waals surface area (Å²) < 4.78 is 1.90. The fraction of sp³-hybridized carbons (Fsp3) is 0.833. The first-order valence-corrected chi connectivity index (χ1v) is 6.43. The number of aliphatic hydroxyl groups excluding tert-OH is 1. The molecule has 0 radical (unpaired) electrons. The van der Waals surface area contributed by atoms with Crippen molar-refractivity contribution in [2.75, 3.05) is 19.6 Å². The third-order valence-corrected chi connectivity index (χ3v) is 3.36. The Morgan fingerprint density at radius 3 is 3.00 bits per heavy atom. The molecule has 1 fully saturated rings. The monoisotopic (exact) mass is 238 g/mol. The van der Waals surface area contributed by atoms with Crippen LogP contribution in [0.5, 0.6) is 0 Å². The van der Waals surface area contributed by atoms with E-state index in [1.54, 1.807) is 0 Å². The average Bonchev–Trinajstić information content (AvgIpc) is 2.94. The van der Waals surface area contributed by atoms with Gasteiger partial charge in [-0.15, -0.1) is 5.10 Å². The van der Waals surface area contributed by atoms with E-state index < -0.39 is 0 Å². The molecule has 1 atom stereocenters. The van der Waals surface area contributed by atoms with Crippen molar-refractivity contribution in [3.63, 3.8) is 0 Å². The minimum Gasteiger partial charge on any atom is -0.390 e. The van der Waals surface area contributed by atoms with Gasteiger partial charge in [0.15, 0.2) is 0 Å². The summed E-state index contributed by atoms with van der Waals surface area (Å²) in [6.45, 7) is 7.88. The van der Waals surface area contributed by atoms with Crippen molar-refractivity contribution in [3.8, 4) is 0 Å². The molecule has 0 spiro atoms. The van der Waals surface area contributed by atoms with Crippen LogP contribution >= 0.6 is 0 Å². The first-order valence-electron chi connectivity index (χ1n) is 6.43. The molecule has 1 aliphatic rings. The van der Waals surface area contributed by atoms with Gasteiger partial charge in [-0.2, -0.15) is 0 Å². The maximum Gasteiger partial charge on any atom is 0.108 e. The molecule has 2 rings (SSSR count). The normalized spacial score (nSPS) is 21.5. The molecule has 0 aliphatic carbocycles. The number of hydrogen-bond acceptors (Lipinski definition) is 4. The van der Waals surface area contributed by atoms with E-state index in [0.717, 1.165) is 25.4 Å². The van der Waals surface area contributed by atoms with Crippen molar-refractivity contribution in [2.24, 2.45) is 5.92 Å². The third-order valence-electron chi connectivity index (χ3n) is 3.36. The van der Waals surface area contributed by atoms with Gasteiger partial charge in [0.05, 0.1) is 18.8 Å². The van der Waals surface area contributed by atoms with Gasteiger partial charge in [0.2, 0.25) is 0 Å². The van der Waals surface area contributed by atoms with Gasteiger partial charge in [-0.3, -0.25) is 0 Å². The van der Waals surface area contributed by atoms with E-state index >= 15 is 0 Å². The van der Waals surface area contributed by atoms with Crippen LogP contribution in [0.1, 0.15) is 38.4 Å². The van der Waals surface area contributed by atoms with Crippen LogP contribution in [-0.4, -0.2) is 44.6 Å². The van der Waals surface area contributed by atoms with E-state index in [4.69, 9.17) is 5.11 Å². The van der Waals surface area contributed by atoms with Gasteiger partial charge in [-0.25, -0.2) is 4.68 Å². The Bertz CT molecular complexity index is 350. The summed E-state index contributed by atoms with van der Waals surface area (Å²) in [6, 6.07) is 0.426. The van der Waals surface area contributed by atoms with Gasteiger partial charge in [-0.1, -0.05) is 19.1 Å². The topological polar surface area (TPSA) is 54.2 Å². The van der Waals surface area contributed by atoms with Crippen molar-refractivity contribution >= 4 is 0 Å². The van der Waals surface area contributed by atoms with Crippen LogP contribution in [0.15, 0.2) is 6.20 Å². The molecule has 0 amide bonds. The van der Waals surface area contributed by atoms with Crippen LogP contribution < -0.4 is 0 Å². The Morgan fingerprint density at radius 1 is 1.53 bits per heavy atom. The first-order chi connectivity index (χ1) is 8.19. The number of rotatable bonds is 5. The summed E-state index contributed by atoms with van der Waals surface area (Å²) in [7, 11) is 0. The van der Waals surface area contributed by atoms with E-state index in [9.17, 15) is 0 Å². The molecule has 96 valence electrons. The predicted octanol–water partition coefficient (Wildman–Crippen LogP) is 1.06. The number of nitrogens with zero attached hydrogens (tertiary/aromatic N) is 4. The maximum absolute atomic E-state index is 8.96. The second-order valence-corrected chi connectivity index (χ2v) is 5.27. The van der Waals surface area contributed by atoms with E-state index in [2.05, 4.69) is 29.1 Å². The molecule has 1 saturated heterocycles. The van der Waals surface area contributed by atoms with Crippen molar-refractivity contribution in [3.05, 3.63) is 11.9 Å². The first kappa shape index (κ1) is 12.5. The predicted molar refractivity (Wildman–Crippen MR) is 65.5 cm³/mol. The van der Waals surface area contributed by atoms with E-state index in [-0.39, 0.29) is 6.61 Å². The quantitative estimate of drug-likeness (QED) is 0.833. The fourth-order valence-electron chi connectivity index (χ4n) is 2.24. The van der Waals surface area contributed by atoms with E-state index in [0.29, 0.717) is 11.7 Å². The Morgan fingerprint density at radius 2 is 2.35 bits per heavy atom. The number of hydrogen-bond donors (Lipinski definition) is 1. The van der Waals surface area contributed by atoms with Crippen LogP contribution in [0.3, 0.4) is 0 Å². The van der Waals surface area contributed by atoms with E-state index in [1.807, 2.05) is 10.9 Å². The van der Waals surface area contributed by atoms with Gasteiger partial charge >= 0.3 is 0 Å². The Balaban J connectivity index is 1.84. The van der Waals surface area contributed by atoms with Crippen LogP contribution in [0, 0.1) is 5.92 Å². The van der Waals surface area contributed by atoms with Crippen LogP contribution in [0.25, 0.3) is 0 Å². The highest BCUT2D eigenvalue weighted by Crippen LogP contribution is 2.21. The van der Waals surface area contributed by atoms with Gasteiger partial charge in [-0.05, 0) is 25.3 Å². The Hall–Kier alpha value is -0.940. The molecule has 5 heteroatoms. The van der Waals surface area contributed by atoms with Crippen molar-refractivity contribution in [2.45, 2.75) is 39.3 Å². The van der Waals surface area contributed by atoms with Crippen molar-refractivity contribution < 1.29 is 5.11 Å². The lowest BCUT2D eigenvalue weighted by Crippen LogP contribution is -2.24. The molecule has 0 saturated carbocycles. The zero-order valence-corrected chi connectivity index (χ0v) is 10.7. The smallest absolute Gasteiger partial charge is 0.108 e. The molecule has 1 aromatic rings. The number of likely N-dealkylation sites (tertiary alicyclic amines) is 1. The molecule has 1 aliphatic heterocycles. The summed E-state index contributed by atoms with van der Waals surface area (Å²) in [5, 5.41) is 17.0. The SMILES string of the molecule is CC(C)CCN1CC[C@@H](n2cc(CO)nn2)C1. The van der Waals surface area contributed by atoms with Crippen LogP contribution in [0.2, 0.25) is 0 Å². The van der Waals surface area contributed by atoms with Crippen LogP contribution in [0.4, 0.5) is 0 Å². The molecule has 1 N–H and O–H groups in total. The van der Waals surface area contributed by atoms with Gasteiger partial charge < -0.3 is 10.0 Å². The second-order valence-electron chi connectivity index (χ2n) is 5.27.